The monoisotopic (exact) mass is 304 g/mol. The van der Waals surface area contributed by atoms with Crippen molar-refractivity contribution in [2.24, 2.45) is 5.92 Å². The van der Waals surface area contributed by atoms with E-state index in [1.807, 2.05) is 6.92 Å². The smallest absolute Gasteiger partial charge is 0.307 e. The van der Waals surface area contributed by atoms with Crippen LogP contribution in [0.25, 0.3) is 0 Å². The van der Waals surface area contributed by atoms with E-state index in [1.165, 1.54) is 4.31 Å². The van der Waals surface area contributed by atoms with E-state index in [0.29, 0.717) is 25.9 Å². The van der Waals surface area contributed by atoms with Crippen molar-refractivity contribution in [2.45, 2.75) is 51.5 Å². The third-order valence-electron chi connectivity index (χ3n) is 4.04. The second-order valence-corrected chi connectivity index (χ2v) is 7.62. The number of hydrogen-bond donors (Lipinski definition) is 1. The summed E-state index contributed by atoms with van der Waals surface area (Å²) in [6.07, 6.45) is 4.86. The zero-order chi connectivity index (χ0) is 14.8. The summed E-state index contributed by atoms with van der Waals surface area (Å²) in [5.74, 6) is -1.46. The second-order valence-electron chi connectivity index (χ2n) is 5.74. The van der Waals surface area contributed by atoms with E-state index in [9.17, 15) is 13.2 Å². The summed E-state index contributed by atoms with van der Waals surface area (Å²) in [5.41, 5.74) is 0. The lowest BCUT2D eigenvalue weighted by atomic mass is 10.0. The molecule has 2 rings (SSSR count). The molecule has 7 heteroatoms. The molecule has 2 aliphatic rings. The number of nitrogens with zero attached hydrogens (tertiary/aromatic N) is 2. The van der Waals surface area contributed by atoms with Crippen LogP contribution in [0.2, 0.25) is 0 Å². The van der Waals surface area contributed by atoms with Crippen molar-refractivity contribution in [1.29, 1.82) is 0 Å². The molecule has 6 nitrogen and oxygen atoms in total. The van der Waals surface area contributed by atoms with Gasteiger partial charge in [0, 0.05) is 25.7 Å². The molecule has 1 aliphatic carbocycles. The van der Waals surface area contributed by atoms with E-state index in [4.69, 9.17) is 5.11 Å². The van der Waals surface area contributed by atoms with Crippen molar-refractivity contribution in [2.75, 3.05) is 19.6 Å². The molecular formula is C13H24N2O4S. The molecule has 1 saturated carbocycles. The van der Waals surface area contributed by atoms with Crippen LogP contribution in [-0.2, 0) is 15.0 Å². The largest absolute Gasteiger partial charge is 0.481 e. The van der Waals surface area contributed by atoms with Gasteiger partial charge in [-0.2, -0.15) is 17.0 Å². The number of unbranched alkanes of at least 4 members (excludes halogenated alkanes) is 1. The Morgan fingerprint density at radius 1 is 1.35 bits per heavy atom. The highest BCUT2D eigenvalue weighted by Gasteiger charge is 2.42. The van der Waals surface area contributed by atoms with Crippen molar-refractivity contribution >= 4 is 16.2 Å². The van der Waals surface area contributed by atoms with E-state index in [0.717, 1.165) is 25.7 Å². The van der Waals surface area contributed by atoms with Gasteiger partial charge in [-0.15, -0.1) is 0 Å². The molecule has 1 unspecified atom stereocenters. The summed E-state index contributed by atoms with van der Waals surface area (Å²) < 4.78 is 28.4. The topological polar surface area (TPSA) is 77.9 Å². The number of piperidine rings is 1. The van der Waals surface area contributed by atoms with Gasteiger partial charge in [0.15, 0.2) is 0 Å². The van der Waals surface area contributed by atoms with Crippen molar-refractivity contribution in [3.8, 4) is 0 Å². The van der Waals surface area contributed by atoms with E-state index < -0.39 is 22.1 Å². The molecule has 0 aromatic heterocycles. The molecule has 1 saturated heterocycles. The van der Waals surface area contributed by atoms with Crippen LogP contribution >= 0.6 is 0 Å². The number of carboxylic acid groups (broad SMARTS) is 1. The van der Waals surface area contributed by atoms with Gasteiger partial charge in [0.1, 0.15) is 0 Å². The number of carboxylic acids is 1. The van der Waals surface area contributed by atoms with Crippen LogP contribution < -0.4 is 0 Å². The SMILES string of the molecule is CCCCN(C1CC1)S(=O)(=O)N1CCCC(C(=O)O)C1. The fraction of sp³-hybridized carbons (Fsp3) is 0.923. The maximum absolute atomic E-state index is 12.7. The van der Waals surface area contributed by atoms with Gasteiger partial charge in [-0.05, 0) is 32.1 Å². The van der Waals surface area contributed by atoms with Gasteiger partial charge < -0.3 is 5.11 Å². The third kappa shape index (κ3) is 3.51. The Morgan fingerprint density at radius 2 is 2.05 bits per heavy atom. The summed E-state index contributed by atoms with van der Waals surface area (Å²) in [6, 6.07) is 0.136. The third-order valence-corrected chi connectivity index (χ3v) is 6.10. The Bertz CT molecular complexity index is 447. The highest BCUT2D eigenvalue weighted by molar-refractivity contribution is 7.86. The van der Waals surface area contributed by atoms with Crippen LogP contribution in [0.4, 0.5) is 0 Å². The molecule has 1 N–H and O–H groups in total. The Morgan fingerprint density at radius 3 is 2.60 bits per heavy atom. The summed E-state index contributed by atoms with van der Waals surface area (Å²) in [7, 11) is -3.50. The Balaban J connectivity index is 2.08. The first-order chi connectivity index (χ1) is 9.46. The lowest BCUT2D eigenvalue weighted by Gasteiger charge is -2.34. The zero-order valence-corrected chi connectivity index (χ0v) is 12.8. The minimum absolute atomic E-state index is 0.118. The summed E-state index contributed by atoms with van der Waals surface area (Å²) in [6.45, 7) is 3.16. The minimum atomic E-state index is -3.50. The maximum atomic E-state index is 12.7. The van der Waals surface area contributed by atoms with Gasteiger partial charge in [-0.3, -0.25) is 4.79 Å². The molecule has 0 spiro atoms. The molecule has 0 aromatic carbocycles. The Kier molecular flexibility index (Phi) is 5.04. The minimum Gasteiger partial charge on any atom is -0.481 e. The molecule has 0 bridgehead atoms. The summed E-state index contributed by atoms with van der Waals surface area (Å²) in [4.78, 5) is 11.1. The molecule has 1 heterocycles. The normalized spacial score (nSPS) is 25.0. The molecule has 0 radical (unpaired) electrons. The van der Waals surface area contributed by atoms with Crippen molar-refractivity contribution < 1.29 is 18.3 Å². The van der Waals surface area contributed by atoms with Gasteiger partial charge in [-0.25, -0.2) is 0 Å². The van der Waals surface area contributed by atoms with Crippen LogP contribution in [-0.4, -0.2) is 53.8 Å². The lowest BCUT2D eigenvalue weighted by Crippen LogP contribution is -2.50. The number of hydrogen-bond acceptors (Lipinski definition) is 3. The fourth-order valence-electron chi connectivity index (χ4n) is 2.66. The summed E-state index contributed by atoms with van der Waals surface area (Å²) >= 11 is 0. The van der Waals surface area contributed by atoms with E-state index >= 15 is 0 Å². The van der Waals surface area contributed by atoms with Gasteiger partial charge in [-0.1, -0.05) is 13.3 Å². The van der Waals surface area contributed by atoms with Crippen LogP contribution in [0, 0.1) is 5.92 Å². The second kappa shape index (κ2) is 6.41. The van der Waals surface area contributed by atoms with Crippen LogP contribution in [0.15, 0.2) is 0 Å². The van der Waals surface area contributed by atoms with Crippen molar-refractivity contribution in [1.82, 2.24) is 8.61 Å². The number of carbonyl (C=O) groups is 1. The molecule has 116 valence electrons. The predicted octanol–water partition coefficient (Wildman–Crippen LogP) is 1.29. The summed E-state index contributed by atoms with van der Waals surface area (Å²) in [5, 5.41) is 9.09. The fourth-order valence-corrected chi connectivity index (χ4v) is 4.64. The molecule has 1 aliphatic heterocycles. The zero-order valence-electron chi connectivity index (χ0n) is 12.0. The average molecular weight is 304 g/mol. The highest BCUT2D eigenvalue weighted by Crippen LogP contribution is 2.32. The molecule has 0 aromatic rings. The van der Waals surface area contributed by atoms with Gasteiger partial charge in [0.05, 0.1) is 5.92 Å². The first kappa shape index (κ1) is 15.7. The van der Waals surface area contributed by atoms with E-state index in [2.05, 4.69) is 0 Å². The number of rotatable bonds is 7. The van der Waals surface area contributed by atoms with Gasteiger partial charge in [0.25, 0.3) is 10.2 Å². The molecule has 0 amide bonds. The van der Waals surface area contributed by atoms with Gasteiger partial charge >= 0.3 is 5.97 Å². The van der Waals surface area contributed by atoms with Gasteiger partial charge in [0.2, 0.25) is 0 Å². The van der Waals surface area contributed by atoms with E-state index in [-0.39, 0.29) is 12.6 Å². The number of aliphatic carboxylic acids is 1. The first-order valence-electron chi connectivity index (χ1n) is 7.46. The van der Waals surface area contributed by atoms with Crippen LogP contribution in [0.5, 0.6) is 0 Å². The Labute approximate surface area is 120 Å². The average Bonchev–Trinajstić information content (AvgIpc) is 3.23. The predicted molar refractivity (Wildman–Crippen MR) is 75.5 cm³/mol. The van der Waals surface area contributed by atoms with E-state index in [1.54, 1.807) is 4.31 Å². The van der Waals surface area contributed by atoms with Crippen LogP contribution in [0.3, 0.4) is 0 Å². The highest BCUT2D eigenvalue weighted by atomic mass is 32.2. The first-order valence-corrected chi connectivity index (χ1v) is 8.86. The lowest BCUT2D eigenvalue weighted by molar-refractivity contribution is -0.142. The van der Waals surface area contributed by atoms with Crippen molar-refractivity contribution in [3.63, 3.8) is 0 Å². The Hall–Kier alpha value is -0.660. The standard InChI is InChI=1S/C13H24N2O4S/c1-2-3-9-15(12-6-7-12)20(18,19)14-8-4-5-11(10-14)13(16)17/h11-12H,2-10H2,1H3,(H,16,17). The van der Waals surface area contributed by atoms with Crippen LogP contribution in [0.1, 0.15) is 45.4 Å². The van der Waals surface area contributed by atoms with Crippen molar-refractivity contribution in [3.05, 3.63) is 0 Å². The molecular weight excluding hydrogens is 280 g/mol. The maximum Gasteiger partial charge on any atom is 0.307 e. The molecule has 1 atom stereocenters. The molecule has 20 heavy (non-hydrogen) atoms. The molecule has 2 fully saturated rings. The quantitative estimate of drug-likeness (QED) is 0.769.